The molecule has 61 heavy (non-hydrogen) atoms. The standard InChI is InChI=1S/C48H52N4O8S/c49-51-50-29-16-5-17-30-55-36-44-45(57-33-37-18-6-1-7-19-37)46(58-34-38-20-8-2-9-21-38)47(59-35-39-22-10-3-11-23-39)48(60-44)56-31-28-40-32-52(43-27-15-14-26-42(40)43)61(53,54)41-24-12-4-13-25-41/h1-4,6-15,18-27,32,44-48H,5,16-17,28-31,33-36H2/t44-,45-,46+,47-,48-/m0/s1. The van der Waals surface area contributed by atoms with Gasteiger partial charge in [0.2, 0.25) is 0 Å². The van der Waals surface area contributed by atoms with E-state index in [2.05, 4.69) is 10.0 Å². The largest absolute Gasteiger partial charge is 0.379 e. The second kappa shape index (κ2) is 22.5. The fraction of sp³-hybridized carbons (Fsp3) is 0.333. The van der Waals surface area contributed by atoms with Crippen LogP contribution < -0.4 is 0 Å². The summed E-state index contributed by atoms with van der Waals surface area (Å²) in [5, 5.41) is 4.45. The molecular formula is C48H52N4O8S. The molecule has 0 N–H and O–H groups in total. The van der Waals surface area contributed by atoms with Crippen LogP contribution in [0.4, 0.5) is 0 Å². The Balaban J connectivity index is 1.17. The molecule has 2 heterocycles. The van der Waals surface area contributed by atoms with Crippen molar-refractivity contribution in [2.24, 2.45) is 5.11 Å². The number of fused-ring (bicyclic) bond motifs is 1. The first-order valence-corrected chi connectivity index (χ1v) is 22.2. The van der Waals surface area contributed by atoms with Gasteiger partial charge in [-0.1, -0.05) is 139 Å². The van der Waals surface area contributed by atoms with Crippen LogP contribution in [0.1, 0.15) is 41.5 Å². The summed E-state index contributed by atoms with van der Waals surface area (Å²) >= 11 is 0. The molecule has 1 aromatic heterocycles. The average molecular weight is 845 g/mol. The number of para-hydroxylation sites is 1. The van der Waals surface area contributed by atoms with Crippen molar-refractivity contribution in [3.8, 4) is 0 Å². The summed E-state index contributed by atoms with van der Waals surface area (Å²) in [6.45, 7) is 2.20. The second-order valence-electron chi connectivity index (χ2n) is 14.8. The summed E-state index contributed by atoms with van der Waals surface area (Å²) in [5.74, 6) is 0. The van der Waals surface area contributed by atoms with Crippen LogP contribution in [0.25, 0.3) is 21.3 Å². The van der Waals surface area contributed by atoms with E-state index in [0.717, 1.165) is 46.9 Å². The first-order chi connectivity index (χ1) is 30.0. The van der Waals surface area contributed by atoms with E-state index in [-0.39, 0.29) is 24.7 Å². The number of unbranched alkanes of at least 4 members (excludes halogenated alkanes) is 2. The van der Waals surface area contributed by atoms with Gasteiger partial charge in [0.15, 0.2) is 6.29 Å². The lowest BCUT2D eigenvalue weighted by Crippen LogP contribution is -2.61. The Morgan fingerprint density at radius 3 is 1.80 bits per heavy atom. The van der Waals surface area contributed by atoms with Crippen molar-refractivity contribution in [2.75, 3.05) is 26.4 Å². The molecule has 0 amide bonds. The van der Waals surface area contributed by atoms with Crippen molar-refractivity contribution >= 4 is 20.9 Å². The van der Waals surface area contributed by atoms with Gasteiger partial charge in [-0.3, -0.25) is 0 Å². The maximum absolute atomic E-state index is 13.9. The van der Waals surface area contributed by atoms with Crippen LogP contribution in [-0.2, 0) is 64.7 Å². The molecule has 1 aliphatic heterocycles. The molecule has 1 saturated heterocycles. The van der Waals surface area contributed by atoms with Crippen LogP contribution in [0.15, 0.2) is 162 Å². The number of rotatable bonds is 23. The minimum absolute atomic E-state index is 0.189. The number of hydrogen-bond donors (Lipinski definition) is 0. The van der Waals surface area contributed by atoms with Gasteiger partial charge in [0.25, 0.3) is 10.0 Å². The van der Waals surface area contributed by atoms with Gasteiger partial charge < -0.3 is 28.4 Å². The number of hydrogen-bond acceptors (Lipinski definition) is 9. The Kier molecular flexibility index (Phi) is 16.1. The third-order valence-corrected chi connectivity index (χ3v) is 12.2. The average Bonchev–Trinajstić information content (AvgIpc) is 3.69. The zero-order chi connectivity index (χ0) is 42.1. The summed E-state index contributed by atoms with van der Waals surface area (Å²) in [6, 6.07) is 45.7. The van der Waals surface area contributed by atoms with E-state index in [1.165, 1.54) is 3.97 Å². The molecule has 0 spiro atoms. The van der Waals surface area contributed by atoms with E-state index in [9.17, 15) is 8.42 Å². The second-order valence-corrected chi connectivity index (χ2v) is 16.6. The maximum atomic E-state index is 13.9. The molecule has 6 aromatic rings. The van der Waals surface area contributed by atoms with Gasteiger partial charge in [0.1, 0.15) is 24.4 Å². The molecule has 0 bridgehead atoms. The van der Waals surface area contributed by atoms with Gasteiger partial charge >= 0.3 is 0 Å². The summed E-state index contributed by atoms with van der Waals surface area (Å²) in [5.41, 5.74) is 13.0. The molecule has 0 unspecified atom stereocenters. The monoisotopic (exact) mass is 844 g/mol. The fourth-order valence-corrected chi connectivity index (χ4v) is 8.84. The highest BCUT2D eigenvalue weighted by atomic mass is 32.2. The normalized spacial score (nSPS) is 19.1. The summed E-state index contributed by atoms with van der Waals surface area (Å²) < 4.78 is 69.2. The molecule has 5 aromatic carbocycles. The Bertz CT molecular complexity index is 2380. The Morgan fingerprint density at radius 2 is 1.18 bits per heavy atom. The van der Waals surface area contributed by atoms with Crippen LogP contribution in [0.2, 0.25) is 0 Å². The van der Waals surface area contributed by atoms with E-state index in [0.29, 0.717) is 38.3 Å². The zero-order valence-electron chi connectivity index (χ0n) is 34.1. The van der Waals surface area contributed by atoms with Crippen molar-refractivity contribution in [3.63, 3.8) is 0 Å². The molecular weight excluding hydrogens is 793 g/mol. The Hall–Kier alpha value is -5.34. The van der Waals surface area contributed by atoms with Crippen LogP contribution in [-0.4, -0.2) is 69.5 Å². The highest BCUT2D eigenvalue weighted by molar-refractivity contribution is 7.90. The molecule has 1 aliphatic rings. The van der Waals surface area contributed by atoms with Gasteiger partial charge in [-0.15, -0.1) is 0 Å². The molecule has 0 aliphatic carbocycles. The summed E-state index contributed by atoms with van der Waals surface area (Å²) in [4.78, 5) is 3.05. The summed E-state index contributed by atoms with van der Waals surface area (Å²) in [7, 11) is -3.86. The minimum atomic E-state index is -3.86. The molecule has 0 radical (unpaired) electrons. The topological polar surface area (TPSA) is 143 Å². The Labute approximate surface area is 357 Å². The van der Waals surface area contributed by atoms with Gasteiger partial charge in [-0.2, -0.15) is 0 Å². The molecule has 12 nitrogen and oxygen atoms in total. The highest BCUT2D eigenvalue weighted by Gasteiger charge is 2.49. The maximum Gasteiger partial charge on any atom is 0.268 e. The van der Waals surface area contributed by atoms with Crippen molar-refractivity contribution < 1.29 is 36.8 Å². The molecule has 5 atom stereocenters. The first-order valence-electron chi connectivity index (χ1n) is 20.7. The van der Waals surface area contributed by atoms with Crippen molar-refractivity contribution in [2.45, 2.75) is 81.1 Å². The van der Waals surface area contributed by atoms with Gasteiger partial charge in [0.05, 0.1) is 43.4 Å². The highest BCUT2D eigenvalue weighted by Crippen LogP contribution is 2.33. The lowest BCUT2D eigenvalue weighted by Gasteiger charge is -2.46. The molecule has 318 valence electrons. The Morgan fingerprint density at radius 1 is 0.623 bits per heavy atom. The molecule has 1 fully saturated rings. The fourth-order valence-electron chi connectivity index (χ4n) is 7.43. The van der Waals surface area contributed by atoms with Crippen molar-refractivity contribution in [3.05, 3.63) is 184 Å². The van der Waals surface area contributed by atoms with Crippen molar-refractivity contribution in [1.29, 1.82) is 0 Å². The van der Waals surface area contributed by atoms with E-state index in [1.54, 1.807) is 36.5 Å². The molecule has 7 rings (SSSR count). The van der Waals surface area contributed by atoms with Crippen LogP contribution >= 0.6 is 0 Å². The quantitative estimate of drug-likeness (QED) is 0.0269. The lowest BCUT2D eigenvalue weighted by atomic mass is 9.97. The van der Waals surface area contributed by atoms with E-state index >= 15 is 0 Å². The van der Waals surface area contributed by atoms with E-state index in [4.69, 9.17) is 34.0 Å². The number of benzene rings is 5. The molecule has 13 heteroatoms. The number of azide groups is 1. The van der Waals surface area contributed by atoms with Crippen LogP contribution in [0.3, 0.4) is 0 Å². The van der Waals surface area contributed by atoms with Gasteiger partial charge in [0, 0.05) is 29.6 Å². The van der Waals surface area contributed by atoms with Crippen LogP contribution in [0.5, 0.6) is 0 Å². The summed E-state index contributed by atoms with van der Waals surface area (Å²) in [6.07, 6.45) is 0.983. The van der Waals surface area contributed by atoms with Crippen molar-refractivity contribution in [1.82, 2.24) is 3.97 Å². The number of ether oxygens (including phenoxy) is 6. The minimum Gasteiger partial charge on any atom is -0.379 e. The first kappa shape index (κ1) is 43.7. The third-order valence-electron chi connectivity index (χ3n) is 10.6. The SMILES string of the molecule is [N-]=[N+]=NCCCCCOC[C@@H]1O[C@H](OCCc2cn(S(=O)(=O)c3ccccc3)c3ccccc23)[C@@H](OCc2ccccc2)[C@H](OCc2ccccc2)[C@H]1OCc1ccccc1. The predicted octanol–water partition coefficient (Wildman–Crippen LogP) is 9.42. The smallest absolute Gasteiger partial charge is 0.268 e. The van der Waals surface area contributed by atoms with Crippen LogP contribution in [0, 0.1) is 0 Å². The predicted molar refractivity (Wildman–Crippen MR) is 233 cm³/mol. The zero-order valence-corrected chi connectivity index (χ0v) is 34.9. The van der Waals surface area contributed by atoms with E-state index < -0.39 is 40.7 Å². The van der Waals surface area contributed by atoms with Gasteiger partial charge in [-0.05, 0) is 65.2 Å². The lowest BCUT2D eigenvalue weighted by molar-refractivity contribution is -0.328. The number of nitrogens with zero attached hydrogens (tertiary/aromatic N) is 4. The number of aromatic nitrogens is 1. The van der Waals surface area contributed by atoms with E-state index in [1.807, 2.05) is 115 Å². The third kappa shape index (κ3) is 11.9. The molecule has 0 saturated carbocycles. The van der Waals surface area contributed by atoms with Gasteiger partial charge in [-0.25, -0.2) is 12.4 Å².